The molecule has 3 rings (SSSR count). The van der Waals surface area contributed by atoms with Crippen LogP contribution in [0.5, 0.6) is 0 Å². The molecule has 0 aliphatic carbocycles. The van der Waals surface area contributed by atoms with Gasteiger partial charge in [0.1, 0.15) is 0 Å². The van der Waals surface area contributed by atoms with Crippen LogP contribution >= 0.6 is 0 Å². The highest BCUT2D eigenvalue weighted by molar-refractivity contribution is 6.06. The lowest BCUT2D eigenvalue weighted by Gasteiger charge is -2.18. The number of anilines is 1. The number of alkyl halides is 3. The highest BCUT2D eigenvalue weighted by Crippen LogP contribution is 2.36. The van der Waals surface area contributed by atoms with E-state index in [1.54, 1.807) is 0 Å². The number of rotatable bonds is 0. The van der Waals surface area contributed by atoms with Crippen LogP contribution in [0.1, 0.15) is 27.4 Å². The fourth-order valence-corrected chi connectivity index (χ4v) is 2.21. The summed E-state index contributed by atoms with van der Waals surface area (Å²) in [7, 11) is 1.42. The maximum atomic E-state index is 12.8. The van der Waals surface area contributed by atoms with Gasteiger partial charge < -0.3 is 9.32 Å². The van der Waals surface area contributed by atoms with E-state index in [0.717, 1.165) is 23.4 Å². The number of carbonyl (C=O) groups excluding carboxylic acids is 1. The molecule has 0 radical (unpaired) electrons. The first-order chi connectivity index (χ1) is 9.38. The van der Waals surface area contributed by atoms with Gasteiger partial charge in [0.05, 0.1) is 11.3 Å². The van der Waals surface area contributed by atoms with Gasteiger partial charge in [0.2, 0.25) is 5.76 Å². The summed E-state index contributed by atoms with van der Waals surface area (Å²) < 4.78 is 43.3. The van der Waals surface area contributed by atoms with Crippen molar-refractivity contribution in [2.75, 3.05) is 11.9 Å². The minimum absolute atomic E-state index is 0.0669. The predicted molar refractivity (Wildman–Crippen MR) is 63.5 cm³/mol. The van der Waals surface area contributed by atoms with Crippen LogP contribution in [0.25, 0.3) is 0 Å². The molecule has 1 aliphatic heterocycles. The molecule has 0 saturated heterocycles. The van der Waals surface area contributed by atoms with Gasteiger partial charge in [0, 0.05) is 19.2 Å². The number of carbonyl (C=O) groups is 1. The molecule has 0 saturated carbocycles. The summed E-state index contributed by atoms with van der Waals surface area (Å²) in [4.78, 5) is 17.2. The summed E-state index contributed by atoms with van der Waals surface area (Å²) >= 11 is 0. The Hall–Kier alpha value is -2.31. The van der Waals surface area contributed by atoms with Crippen LogP contribution in [-0.2, 0) is 12.6 Å². The third kappa shape index (κ3) is 1.86. The SMILES string of the molecule is CN1C(=O)c2ocnc2Cc2ccc(C(F)(F)F)cc21. The second-order valence-corrected chi connectivity index (χ2v) is 4.51. The van der Waals surface area contributed by atoms with Crippen molar-refractivity contribution < 1.29 is 22.4 Å². The van der Waals surface area contributed by atoms with E-state index in [-0.39, 0.29) is 17.9 Å². The topological polar surface area (TPSA) is 46.3 Å². The van der Waals surface area contributed by atoms with Gasteiger partial charge in [-0.05, 0) is 17.7 Å². The molecule has 1 aromatic carbocycles. The molecule has 104 valence electrons. The average molecular weight is 282 g/mol. The number of nitrogens with zero attached hydrogens (tertiary/aromatic N) is 2. The molecular weight excluding hydrogens is 273 g/mol. The van der Waals surface area contributed by atoms with E-state index in [2.05, 4.69) is 4.98 Å². The Morgan fingerprint density at radius 2 is 2.10 bits per heavy atom. The highest BCUT2D eigenvalue weighted by atomic mass is 19.4. The van der Waals surface area contributed by atoms with Crippen molar-refractivity contribution in [1.82, 2.24) is 4.98 Å². The third-order valence-electron chi connectivity index (χ3n) is 3.27. The Labute approximate surface area is 111 Å². The molecule has 0 bridgehead atoms. The molecule has 0 unspecified atom stereocenters. The highest BCUT2D eigenvalue weighted by Gasteiger charge is 2.34. The molecule has 0 atom stereocenters. The first-order valence-electron chi connectivity index (χ1n) is 5.78. The van der Waals surface area contributed by atoms with Gasteiger partial charge in [0.15, 0.2) is 6.39 Å². The van der Waals surface area contributed by atoms with Gasteiger partial charge in [-0.2, -0.15) is 13.2 Å². The minimum atomic E-state index is -4.45. The Morgan fingerprint density at radius 3 is 2.80 bits per heavy atom. The normalized spacial score (nSPS) is 14.8. The maximum absolute atomic E-state index is 12.8. The second-order valence-electron chi connectivity index (χ2n) is 4.51. The number of hydrogen-bond donors (Lipinski definition) is 0. The van der Waals surface area contributed by atoms with E-state index in [9.17, 15) is 18.0 Å². The molecule has 20 heavy (non-hydrogen) atoms. The Balaban J connectivity index is 2.16. The van der Waals surface area contributed by atoms with Crippen molar-refractivity contribution in [1.29, 1.82) is 0 Å². The number of fused-ring (bicyclic) bond motifs is 2. The molecule has 4 nitrogen and oxygen atoms in total. The van der Waals surface area contributed by atoms with Crippen LogP contribution in [0.3, 0.4) is 0 Å². The van der Waals surface area contributed by atoms with Gasteiger partial charge >= 0.3 is 6.18 Å². The fraction of sp³-hybridized carbons (Fsp3) is 0.231. The molecule has 1 aromatic heterocycles. The lowest BCUT2D eigenvalue weighted by molar-refractivity contribution is -0.137. The summed E-state index contributed by atoms with van der Waals surface area (Å²) in [5.74, 6) is -0.437. The van der Waals surface area contributed by atoms with Crippen LogP contribution in [0.2, 0.25) is 0 Å². The van der Waals surface area contributed by atoms with Crippen LogP contribution in [-0.4, -0.2) is 17.9 Å². The quantitative estimate of drug-likeness (QED) is 0.746. The van der Waals surface area contributed by atoms with Crippen molar-refractivity contribution in [2.45, 2.75) is 12.6 Å². The largest absolute Gasteiger partial charge is 0.438 e. The summed E-state index contributed by atoms with van der Waals surface area (Å²) in [5.41, 5.74) is 0.460. The lowest BCUT2D eigenvalue weighted by Crippen LogP contribution is -2.26. The van der Waals surface area contributed by atoms with Crippen molar-refractivity contribution in [3.8, 4) is 0 Å². The summed E-state index contributed by atoms with van der Waals surface area (Å²) in [6.45, 7) is 0. The zero-order chi connectivity index (χ0) is 14.5. The van der Waals surface area contributed by atoms with Gasteiger partial charge in [-0.3, -0.25) is 4.79 Å². The van der Waals surface area contributed by atoms with E-state index in [4.69, 9.17) is 4.42 Å². The van der Waals surface area contributed by atoms with Gasteiger partial charge in [0.25, 0.3) is 5.91 Å². The van der Waals surface area contributed by atoms with Gasteiger partial charge in [-0.1, -0.05) is 6.07 Å². The van der Waals surface area contributed by atoms with Crippen LogP contribution in [0.4, 0.5) is 18.9 Å². The molecular formula is C13H9F3N2O2. The van der Waals surface area contributed by atoms with E-state index in [0.29, 0.717) is 11.3 Å². The number of benzene rings is 1. The van der Waals surface area contributed by atoms with Crippen LogP contribution in [0, 0.1) is 0 Å². The van der Waals surface area contributed by atoms with E-state index in [1.165, 1.54) is 13.1 Å². The first-order valence-corrected chi connectivity index (χ1v) is 5.78. The monoisotopic (exact) mass is 282 g/mol. The third-order valence-corrected chi connectivity index (χ3v) is 3.27. The Bertz CT molecular complexity index is 691. The molecule has 7 heteroatoms. The average Bonchev–Trinajstić information content (AvgIpc) is 2.81. The van der Waals surface area contributed by atoms with Gasteiger partial charge in [-0.15, -0.1) is 0 Å². The van der Waals surface area contributed by atoms with Crippen LogP contribution < -0.4 is 4.90 Å². The number of hydrogen-bond acceptors (Lipinski definition) is 3. The maximum Gasteiger partial charge on any atom is 0.416 e. The van der Waals surface area contributed by atoms with Crippen molar-refractivity contribution in [2.24, 2.45) is 0 Å². The van der Waals surface area contributed by atoms with E-state index < -0.39 is 17.6 Å². The zero-order valence-electron chi connectivity index (χ0n) is 10.4. The number of halogens is 3. The van der Waals surface area contributed by atoms with Crippen LogP contribution in [0.15, 0.2) is 29.0 Å². The molecule has 1 amide bonds. The smallest absolute Gasteiger partial charge is 0.416 e. The predicted octanol–water partition coefficient (Wildman–Crippen LogP) is 2.87. The summed E-state index contributed by atoms with van der Waals surface area (Å²) in [6, 6.07) is 3.34. The molecule has 2 aromatic rings. The number of aromatic nitrogens is 1. The van der Waals surface area contributed by atoms with Crippen molar-refractivity contribution >= 4 is 11.6 Å². The molecule has 2 heterocycles. The van der Waals surface area contributed by atoms with E-state index >= 15 is 0 Å². The second kappa shape index (κ2) is 4.09. The Morgan fingerprint density at radius 1 is 1.35 bits per heavy atom. The fourth-order valence-electron chi connectivity index (χ4n) is 2.21. The minimum Gasteiger partial charge on any atom is -0.438 e. The van der Waals surface area contributed by atoms with Gasteiger partial charge in [-0.25, -0.2) is 4.98 Å². The standard InChI is InChI=1S/C13H9F3N2O2/c1-18-10-5-8(13(14,15)16)3-2-7(10)4-9-11(12(18)19)20-6-17-9/h2-3,5-6H,4H2,1H3. The van der Waals surface area contributed by atoms with E-state index in [1.807, 2.05) is 0 Å². The molecule has 0 N–H and O–H groups in total. The molecule has 0 spiro atoms. The first kappa shape index (κ1) is 12.7. The van der Waals surface area contributed by atoms with Crippen molar-refractivity contribution in [3.63, 3.8) is 0 Å². The Kier molecular flexibility index (Phi) is 2.60. The lowest BCUT2D eigenvalue weighted by atomic mass is 10.0. The summed E-state index contributed by atoms with van der Waals surface area (Å²) in [5, 5.41) is 0. The molecule has 1 aliphatic rings. The number of amides is 1. The summed E-state index contributed by atoms with van der Waals surface area (Å²) in [6.07, 6.45) is -3.03. The van der Waals surface area contributed by atoms with Crippen molar-refractivity contribution in [3.05, 3.63) is 47.2 Å². The number of oxazole rings is 1. The molecule has 0 fully saturated rings. The zero-order valence-corrected chi connectivity index (χ0v) is 10.4.